The summed E-state index contributed by atoms with van der Waals surface area (Å²) in [7, 11) is -3.84. The van der Waals surface area contributed by atoms with Gasteiger partial charge in [-0.25, -0.2) is 8.42 Å². The van der Waals surface area contributed by atoms with Gasteiger partial charge >= 0.3 is 0 Å². The predicted octanol–water partition coefficient (Wildman–Crippen LogP) is 0.854. The number of rotatable bonds is 4. The highest BCUT2D eigenvalue weighted by molar-refractivity contribution is 7.89. The van der Waals surface area contributed by atoms with Crippen molar-refractivity contribution >= 4 is 27.2 Å². The van der Waals surface area contributed by atoms with Crippen LogP contribution >= 0.6 is 0 Å². The van der Waals surface area contributed by atoms with Gasteiger partial charge in [0.2, 0.25) is 0 Å². The number of nitro benzene ring substituents is 1. The molecule has 1 fully saturated rings. The average Bonchev–Trinajstić information content (AvgIpc) is 3.02. The van der Waals surface area contributed by atoms with E-state index in [1.807, 2.05) is 4.90 Å². The lowest BCUT2D eigenvalue weighted by Crippen LogP contribution is -2.36. The topological polar surface area (TPSA) is 105 Å². The maximum atomic E-state index is 12.7. The van der Waals surface area contributed by atoms with Crippen LogP contribution in [-0.4, -0.2) is 62.9 Å². The molecule has 0 atom stereocenters. The van der Waals surface area contributed by atoms with Crippen LogP contribution in [0.15, 0.2) is 28.1 Å². The first kappa shape index (κ1) is 16.7. The zero-order valence-corrected chi connectivity index (χ0v) is 14.0. The van der Waals surface area contributed by atoms with Crippen LogP contribution in [0.25, 0.3) is 0 Å². The molecule has 0 aromatic heterocycles. The Bertz CT molecular complexity index is 786. The van der Waals surface area contributed by atoms with Crippen molar-refractivity contribution < 1.29 is 18.1 Å². The van der Waals surface area contributed by atoms with E-state index in [0.29, 0.717) is 44.4 Å². The van der Waals surface area contributed by atoms with E-state index in [0.717, 1.165) is 6.07 Å². The van der Waals surface area contributed by atoms with Crippen LogP contribution in [0.3, 0.4) is 0 Å². The molecule has 2 heterocycles. The third-order valence-corrected chi connectivity index (χ3v) is 5.96. The highest BCUT2D eigenvalue weighted by Gasteiger charge is 2.31. The predicted molar refractivity (Wildman–Crippen MR) is 88.0 cm³/mol. The molecule has 0 spiro atoms. The van der Waals surface area contributed by atoms with Crippen LogP contribution in [0.1, 0.15) is 6.92 Å². The number of benzene rings is 1. The minimum atomic E-state index is -3.84. The second-order valence-electron chi connectivity index (χ2n) is 5.51. The Morgan fingerprint density at radius 2 is 1.96 bits per heavy atom. The largest absolute Gasteiger partial charge is 0.378 e. The molecule has 1 saturated heterocycles. The monoisotopic (exact) mass is 354 g/mol. The van der Waals surface area contributed by atoms with Gasteiger partial charge < -0.3 is 9.64 Å². The molecule has 0 unspecified atom stereocenters. The van der Waals surface area contributed by atoms with Gasteiger partial charge in [-0.1, -0.05) is 0 Å². The Balaban J connectivity index is 2.00. The molecule has 0 amide bonds. The number of nitro groups is 1. The van der Waals surface area contributed by atoms with Crippen molar-refractivity contribution in [1.29, 1.82) is 0 Å². The van der Waals surface area contributed by atoms with E-state index < -0.39 is 14.9 Å². The number of anilines is 1. The Labute approximate surface area is 139 Å². The van der Waals surface area contributed by atoms with E-state index in [-0.39, 0.29) is 17.1 Å². The summed E-state index contributed by atoms with van der Waals surface area (Å²) in [5.41, 5.74) is 0.195. The highest BCUT2D eigenvalue weighted by atomic mass is 32.2. The van der Waals surface area contributed by atoms with Gasteiger partial charge in [-0.3, -0.25) is 19.4 Å². The van der Waals surface area contributed by atoms with Crippen molar-refractivity contribution in [2.24, 2.45) is 4.99 Å². The fraction of sp³-hybridized carbons (Fsp3) is 0.500. The first-order chi connectivity index (χ1) is 11.4. The van der Waals surface area contributed by atoms with E-state index in [4.69, 9.17) is 4.74 Å². The van der Waals surface area contributed by atoms with E-state index in [1.54, 1.807) is 6.92 Å². The van der Waals surface area contributed by atoms with Gasteiger partial charge in [0.15, 0.2) is 0 Å². The lowest BCUT2D eigenvalue weighted by Gasteiger charge is -2.28. The summed E-state index contributed by atoms with van der Waals surface area (Å²) < 4.78 is 31.8. The number of ether oxygens (including phenoxy) is 1. The molecule has 1 aromatic carbocycles. The average molecular weight is 354 g/mol. The van der Waals surface area contributed by atoms with Crippen LogP contribution in [0.5, 0.6) is 0 Å². The summed E-state index contributed by atoms with van der Waals surface area (Å²) in [6.45, 7) is 4.31. The van der Waals surface area contributed by atoms with E-state index >= 15 is 0 Å². The normalized spacial score (nSPS) is 18.6. The maximum Gasteiger partial charge on any atom is 0.293 e. The number of hydrogen-bond donors (Lipinski definition) is 0. The summed E-state index contributed by atoms with van der Waals surface area (Å²) in [5, 5.41) is 11.4. The van der Waals surface area contributed by atoms with Crippen molar-refractivity contribution in [3.05, 3.63) is 28.3 Å². The number of aliphatic imine (C=N–C) groups is 1. The van der Waals surface area contributed by atoms with Crippen molar-refractivity contribution in [3.8, 4) is 0 Å². The zero-order chi connectivity index (χ0) is 17.3. The number of amidine groups is 1. The summed E-state index contributed by atoms with van der Waals surface area (Å²) in [6.07, 6.45) is 0. The van der Waals surface area contributed by atoms with Crippen LogP contribution in [0.2, 0.25) is 0 Å². The van der Waals surface area contributed by atoms with Gasteiger partial charge in [-0.2, -0.15) is 0 Å². The molecular weight excluding hydrogens is 336 g/mol. The molecule has 10 heteroatoms. The SMILES string of the molecule is CC1=NCCN1S(=O)(=O)c1ccc(N2CCOCC2)c([N+](=O)[O-])c1. The molecule has 2 aliphatic rings. The van der Waals surface area contributed by atoms with Crippen LogP contribution < -0.4 is 4.90 Å². The van der Waals surface area contributed by atoms with Crippen molar-refractivity contribution in [3.63, 3.8) is 0 Å². The Morgan fingerprint density at radius 3 is 2.54 bits per heavy atom. The van der Waals surface area contributed by atoms with Gasteiger partial charge in [0.1, 0.15) is 11.5 Å². The van der Waals surface area contributed by atoms with Gasteiger partial charge in [0, 0.05) is 19.2 Å². The fourth-order valence-electron chi connectivity index (χ4n) is 2.85. The van der Waals surface area contributed by atoms with Crippen molar-refractivity contribution in [1.82, 2.24) is 4.31 Å². The Morgan fingerprint density at radius 1 is 1.25 bits per heavy atom. The molecule has 9 nitrogen and oxygen atoms in total. The molecule has 2 aliphatic heterocycles. The molecular formula is C14H18N4O5S. The zero-order valence-electron chi connectivity index (χ0n) is 13.2. The number of sulfonamides is 1. The summed E-state index contributed by atoms with van der Waals surface area (Å²) in [5.74, 6) is 0.398. The lowest BCUT2D eigenvalue weighted by atomic mass is 10.2. The van der Waals surface area contributed by atoms with Gasteiger partial charge in [-0.15, -0.1) is 0 Å². The summed E-state index contributed by atoms with van der Waals surface area (Å²) in [6, 6.07) is 4.04. The van der Waals surface area contributed by atoms with E-state index in [1.165, 1.54) is 16.4 Å². The number of nitrogens with zero attached hydrogens (tertiary/aromatic N) is 4. The van der Waals surface area contributed by atoms with E-state index in [9.17, 15) is 18.5 Å². The molecule has 0 N–H and O–H groups in total. The van der Waals surface area contributed by atoms with Gasteiger partial charge in [0.25, 0.3) is 15.7 Å². The third-order valence-electron chi connectivity index (χ3n) is 4.09. The van der Waals surface area contributed by atoms with Gasteiger partial charge in [0.05, 0.1) is 36.1 Å². The van der Waals surface area contributed by atoms with E-state index in [2.05, 4.69) is 4.99 Å². The minimum absolute atomic E-state index is 0.0948. The first-order valence-electron chi connectivity index (χ1n) is 7.56. The van der Waals surface area contributed by atoms with Crippen molar-refractivity contribution in [2.75, 3.05) is 44.3 Å². The summed E-state index contributed by atoms with van der Waals surface area (Å²) >= 11 is 0. The quantitative estimate of drug-likeness (QED) is 0.586. The lowest BCUT2D eigenvalue weighted by molar-refractivity contribution is -0.384. The maximum absolute atomic E-state index is 12.7. The summed E-state index contributed by atoms with van der Waals surface area (Å²) in [4.78, 5) is 16.7. The molecule has 3 rings (SSSR count). The number of hydrogen-bond acceptors (Lipinski definition) is 7. The molecule has 24 heavy (non-hydrogen) atoms. The second kappa shape index (κ2) is 6.36. The Hall–Kier alpha value is -2.20. The third kappa shape index (κ3) is 2.94. The van der Waals surface area contributed by atoms with Crippen LogP contribution in [0.4, 0.5) is 11.4 Å². The minimum Gasteiger partial charge on any atom is -0.378 e. The smallest absolute Gasteiger partial charge is 0.293 e. The van der Waals surface area contributed by atoms with Gasteiger partial charge in [-0.05, 0) is 19.1 Å². The van der Waals surface area contributed by atoms with Crippen molar-refractivity contribution in [2.45, 2.75) is 11.8 Å². The molecule has 0 bridgehead atoms. The molecule has 0 radical (unpaired) electrons. The molecule has 0 aliphatic carbocycles. The standard InChI is InChI=1S/C14H18N4O5S/c1-11-15-4-5-17(11)24(21,22)12-2-3-13(14(10-12)18(19)20)16-6-8-23-9-7-16/h2-3,10H,4-9H2,1H3. The van der Waals surface area contributed by atoms with Crippen LogP contribution in [0, 0.1) is 10.1 Å². The second-order valence-corrected chi connectivity index (χ2v) is 7.38. The first-order valence-corrected chi connectivity index (χ1v) is 9.00. The highest BCUT2D eigenvalue weighted by Crippen LogP contribution is 2.32. The molecule has 1 aromatic rings. The fourth-order valence-corrected chi connectivity index (χ4v) is 4.33. The molecule has 130 valence electrons. The Kier molecular flexibility index (Phi) is 4.41. The van der Waals surface area contributed by atoms with Crippen LogP contribution in [-0.2, 0) is 14.8 Å². The molecule has 0 saturated carbocycles. The number of morpholine rings is 1.